The number of rotatable bonds is 4. The molecule has 1 atom stereocenters. The third-order valence-corrected chi connectivity index (χ3v) is 5.74. The molecule has 148 valence electrons. The number of aromatic nitrogens is 1. The molecule has 8 heteroatoms. The number of nitrogens with one attached hydrogen (secondary N) is 2. The van der Waals surface area contributed by atoms with E-state index in [1.54, 1.807) is 17.0 Å². The molecule has 2 aromatic carbocycles. The highest BCUT2D eigenvalue weighted by atomic mass is 32.1. The summed E-state index contributed by atoms with van der Waals surface area (Å²) in [5, 5.41) is 5.94. The predicted molar refractivity (Wildman–Crippen MR) is 114 cm³/mol. The average molecular weight is 408 g/mol. The summed E-state index contributed by atoms with van der Waals surface area (Å²) in [6, 6.07) is 13.0. The lowest BCUT2D eigenvalue weighted by atomic mass is 10.1. The van der Waals surface area contributed by atoms with Crippen LogP contribution < -0.4 is 15.5 Å². The van der Waals surface area contributed by atoms with Crippen LogP contribution in [0.1, 0.15) is 18.9 Å². The maximum Gasteiger partial charge on any atom is 0.239 e. The van der Waals surface area contributed by atoms with E-state index in [0.29, 0.717) is 23.8 Å². The van der Waals surface area contributed by atoms with Gasteiger partial charge >= 0.3 is 0 Å². The fourth-order valence-corrected chi connectivity index (χ4v) is 4.26. The molecular weight excluding hydrogens is 388 g/mol. The summed E-state index contributed by atoms with van der Waals surface area (Å²) in [6.45, 7) is 3.95. The fraction of sp³-hybridized carbons (Fsp3) is 0.238. The fourth-order valence-electron chi connectivity index (χ4n) is 3.36. The van der Waals surface area contributed by atoms with Gasteiger partial charge in [-0.3, -0.25) is 14.4 Å². The lowest BCUT2D eigenvalue weighted by Crippen LogP contribution is -2.33. The molecule has 4 rings (SSSR count). The summed E-state index contributed by atoms with van der Waals surface area (Å²) in [5.41, 5.74) is 3.32. The Kier molecular flexibility index (Phi) is 5.02. The van der Waals surface area contributed by atoms with Crippen LogP contribution in [0.2, 0.25) is 0 Å². The topological polar surface area (TPSA) is 91.4 Å². The monoisotopic (exact) mass is 408 g/mol. The molecule has 7 nitrogen and oxygen atoms in total. The van der Waals surface area contributed by atoms with Crippen LogP contribution in [0.25, 0.3) is 10.2 Å². The number of fused-ring (bicyclic) bond motifs is 1. The van der Waals surface area contributed by atoms with E-state index in [4.69, 9.17) is 0 Å². The number of thiazole rings is 1. The van der Waals surface area contributed by atoms with Crippen LogP contribution >= 0.6 is 11.3 Å². The first-order valence-corrected chi connectivity index (χ1v) is 10.1. The third kappa shape index (κ3) is 3.97. The summed E-state index contributed by atoms with van der Waals surface area (Å²) in [4.78, 5) is 42.7. The van der Waals surface area contributed by atoms with Gasteiger partial charge in [0.25, 0.3) is 0 Å². The molecule has 0 radical (unpaired) electrons. The zero-order valence-corrected chi connectivity index (χ0v) is 16.9. The second kappa shape index (κ2) is 7.63. The van der Waals surface area contributed by atoms with E-state index in [-0.39, 0.29) is 17.7 Å². The zero-order valence-electron chi connectivity index (χ0n) is 16.1. The Bertz CT molecular complexity index is 1110. The number of hydrogen-bond donors (Lipinski definition) is 2. The molecule has 2 N–H and O–H groups in total. The lowest BCUT2D eigenvalue weighted by Gasteiger charge is -2.16. The van der Waals surface area contributed by atoms with Crippen LogP contribution in [0.3, 0.4) is 0 Å². The van der Waals surface area contributed by atoms with Crippen LogP contribution in [0.15, 0.2) is 42.5 Å². The average Bonchev–Trinajstić information content (AvgIpc) is 3.24. The van der Waals surface area contributed by atoms with Gasteiger partial charge in [-0.25, -0.2) is 4.98 Å². The van der Waals surface area contributed by atoms with Crippen molar-refractivity contribution in [2.75, 3.05) is 22.1 Å². The third-order valence-electron chi connectivity index (χ3n) is 4.81. The number of benzene rings is 2. The molecule has 0 aliphatic carbocycles. The molecule has 0 bridgehead atoms. The molecule has 1 aliphatic rings. The number of anilines is 3. The van der Waals surface area contributed by atoms with Gasteiger partial charge in [-0.2, -0.15) is 0 Å². The van der Waals surface area contributed by atoms with E-state index in [2.05, 4.69) is 15.6 Å². The molecule has 1 fully saturated rings. The molecule has 29 heavy (non-hydrogen) atoms. The molecule has 1 aliphatic heterocycles. The van der Waals surface area contributed by atoms with Crippen molar-refractivity contribution < 1.29 is 14.4 Å². The highest BCUT2D eigenvalue weighted by Gasteiger charge is 2.37. The highest BCUT2D eigenvalue weighted by molar-refractivity contribution is 7.22. The Morgan fingerprint density at radius 1 is 1.14 bits per heavy atom. The normalized spacial score (nSPS) is 16.3. The van der Waals surface area contributed by atoms with E-state index in [9.17, 15) is 14.4 Å². The Labute approximate surface area is 171 Å². The number of carbonyl (C=O) groups is 3. The van der Waals surface area contributed by atoms with Crippen molar-refractivity contribution in [1.82, 2.24) is 4.98 Å². The minimum atomic E-state index is -0.724. The summed E-state index contributed by atoms with van der Waals surface area (Å²) < 4.78 is 0.839. The van der Waals surface area contributed by atoms with Crippen LogP contribution in [0.4, 0.5) is 16.5 Å². The van der Waals surface area contributed by atoms with Crippen LogP contribution in [-0.4, -0.2) is 29.3 Å². The van der Waals surface area contributed by atoms with Gasteiger partial charge in [0.05, 0.1) is 10.2 Å². The van der Waals surface area contributed by atoms with Crippen molar-refractivity contribution in [3.8, 4) is 0 Å². The van der Waals surface area contributed by atoms with E-state index >= 15 is 0 Å². The molecule has 0 saturated carbocycles. The summed E-state index contributed by atoms with van der Waals surface area (Å²) in [5.74, 6) is -1.41. The van der Waals surface area contributed by atoms with Crippen molar-refractivity contribution in [1.29, 1.82) is 0 Å². The van der Waals surface area contributed by atoms with Crippen molar-refractivity contribution in [3.05, 3.63) is 48.0 Å². The van der Waals surface area contributed by atoms with Crippen molar-refractivity contribution in [3.63, 3.8) is 0 Å². The number of aryl methyl sites for hydroxylation is 1. The van der Waals surface area contributed by atoms with E-state index in [1.807, 2.05) is 37.3 Å². The van der Waals surface area contributed by atoms with Gasteiger partial charge in [0.1, 0.15) is 5.92 Å². The van der Waals surface area contributed by atoms with Crippen molar-refractivity contribution in [2.45, 2.75) is 20.3 Å². The van der Waals surface area contributed by atoms with Gasteiger partial charge in [-0.05, 0) is 43.7 Å². The van der Waals surface area contributed by atoms with E-state index in [1.165, 1.54) is 18.3 Å². The molecule has 0 spiro atoms. The Balaban J connectivity index is 1.47. The molecule has 1 saturated heterocycles. The Morgan fingerprint density at radius 2 is 1.90 bits per heavy atom. The van der Waals surface area contributed by atoms with Gasteiger partial charge in [-0.1, -0.05) is 29.0 Å². The Morgan fingerprint density at radius 3 is 2.62 bits per heavy atom. The molecule has 1 unspecified atom stereocenters. The standard InChI is InChI=1S/C21H20N4O3S/c1-12-3-6-15(7-4-12)25-10-9-16(20(25)28)19(27)24-21-23-17-8-5-14(22-13(2)26)11-18(17)29-21/h3-8,11,16H,9-10H2,1-2H3,(H,22,26)(H,23,24,27). The maximum atomic E-state index is 12.7. The van der Waals surface area contributed by atoms with Crippen molar-refractivity contribution in [2.24, 2.45) is 5.92 Å². The summed E-state index contributed by atoms with van der Waals surface area (Å²) in [6.07, 6.45) is 0.468. The van der Waals surface area contributed by atoms with Crippen molar-refractivity contribution >= 4 is 55.8 Å². The summed E-state index contributed by atoms with van der Waals surface area (Å²) >= 11 is 1.31. The van der Waals surface area contributed by atoms with Gasteiger partial charge in [0, 0.05) is 24.8 Å². The van der Waals surface area contributed by atoms with Gasteiger partial charge in [-0.15, -0.1) is 0 Å². The number of nitrogens with zero attached hydrogens (tertiary/aromatic N) is 2. The van der Waals surface area contributed by atoms with Gasteiger partial charge < -0.3 is 15.5 Å². The minimum Gasteiger partial charge on any atom is -0.326 e. The van der Waals surface area contributed by atoms with E-state index < -0.39 is 5.92 Å². The van der Waals surface area contributed by atoms with Crippen LogP contribution in [0, 0.1) is 12.8 Å². The van der Waals surface area contributed by atoms with Crippen LogP contribution in [-0.2, 0) is 14.4 Å². The maximum absolute atomic E-state index is 12.7. The van der Waals surface area contributed by atoms with Gasteiger partial charge in [0.2, 0.25) is 17.7 Å². The van der Waals surface area contributed by atoms with Gasteiger partial charge in [0.15, 0.2) is 5.13 Å². The number of carbonyl (C=O) groups excluding carboxylic acids is 3. The van der Waals surface area contributed by atoms with Crippen LogP contribution in [0.5, 0.6) is 0 Å². The second-order valence-electron chi connectivity index (χ2n) is 7.04. The second-order valence-corrected chi connectivity index (χ2v) is 8.07. The quantitative estimate of drug-likeness (QED) is 0.646. The zero-order chi connectivity index (χ0) is 20.5. The first-order valence-electron chi connectivity index (χ1n) is 9.28. The first-order chi connectivity index (χ1) is 13.9. The highest BCUT2D eigenvalue weighted by Crippen LogP contribution is 2.30. The van der Waals surface area contributed by atoms with E-state index in [0.717, 1.165) is 21.5 Å². The molecular formula is C21H20N4O3S. The number of amides is 3. The summed E-state index contributed by atoms with van der Waals surface area (Å²) in [7, 11) is 0. The smallest absolute Gasteiger partial charge is 0.239 e. The molecule has 2 heterocycles. The largest absolute Gasteiger partial charge is 0.326 e. The molecule has 3 aromatic rings. The first kappa shape index (κ1) is 19.1. The lowest BCUT2D eigenvalue weighted by molar-refractivity contribution is -0.129. The SMILES string of the molecule is CC(=O)Nc1ccc2nc(NC(=O)C3CCN(c4ccc(C)cc4)C3=O)sc2c1. The minimum absolute atomic E-state index is 0.153. The Hall–Kier alpha value is -3.26. The predicted octanol–water partition coefficient (Wildman–Crippen LogP) is 3.55. The molecule has 3 amide bonds. The molecule has 1 aromatic heterocycles. The number of hydrogen-bond acceptors (Lipinski definition) is 5.